The number of benzene rings is 1. The molecule has 2 N–H and O–H groups in total. The van der Waals surface area contributed by atoms with Crippen LogP contribution in [0.4, 0.5) is 0 Å². The highest BCUT2D eigenvalue weighted by Crippen LogP contribution is 2.29. The topological polar surface area (TPSA) is 101 Å². The first-order valence-electron chi connectivity index (χ1n) is 10.4. The Morgan fingerprint density at radius 1 is 1.17 bits per heavy atom. The monoisotopic (exact) mass is 443 g/mol. The summed E-state index contributed by atoms with van der Waals surface area (Å²) in [6.07, 6.45) is 0.378. The summed E-state index contributed by atoms with van der Waals surface area (Å²) in [5, 5.41) is 10.2. The molecule has 9 nitrogen and oxygen atoms in total. The SMILES string of the molecule is CCOc1cc(CN2C[C@@H](O)[C@H](NS(C)(=O)=O)C2)ccc1OCCN1CCOCC1. The summed E-state index contributed by atoms with van der Waals surface area (Å²) >= 11 is 0. The van der Waals surface area contributed by atoms with Crippen molar-refractivity contribution in [3.05, 3.63) is 23.8 Å². The van der Waals surface area contributed by atoms with E-state index in [-0.39, 0.29) is 0 Å². The average Bonchev–Trinajstić information content (AvgIpc) is 3.01. The van der Waals surface area contributed by atoms with E-state index in [4.69, 9.17) is 14.2 Å². The van der Waals surface area contributed by atoms with Crippen molar-refractivity contribution in [2.75, 3.05) is 65.4 Å². The van der Waals surface area contributed by atoms with Gasteiger partial charge in [0.2, 0.25) is 10.0 Å². The fourth-order valence-electron chi connectivity index (χ4n) is 3.79. The molecule has 0 radical (unpaired) electrons. The molecular formula is C20H33N3O6S. The zero-order valence-corrected chi connectivity index (χ0v) is 18.6. The Morgan fingerprint density at radius 2 is 1.93 bits per heavy atom. The van der Waals surface area contributed by atoms with Gasteiger partial charge in [0.05, 0.1) is 38.2 Å². The first kappa shape index (κ1) is 23.2. The molecule has 0 bridgehead atoms. The Bertz CT molecular complexity index is 785. The van der Waals surface area contributed by atoms with Crippen LogP contribution in [0.15, 0.2) is 18.2 Å². The second-order valence-corrected chi connectivity index (χ2v) is 9.55. The number of aliphatic hydroxyl groups is 1. The normalized spacial score (nSPS) is 23.6. The zero-order valence-electron chi connectivity index (χ0n) is 17.7. The van der Waals surface area contributed by atoms with Gasteiger partial charge in [0, 0.05) is 39.3 Å². The molecule has 30 heavy (non-hydrogen) atoms. The number of likely N-dealkylation sites (tertiary alicyclic amines) is 1. The number of hydrogen-bond donors (Lipinski definition) is 2. The fourth-order valence-corrected chi connectivity index (χ4v) is 4.57. The van der Waals surface area contributed by atoms with Crippen molar-refractivity contribution in [3.63, 3.8) is 0 Å². The molecule has 1 aromatic rings. The molecule has 2 heterocycles. The van der Waals surface area contributed by atoms with E-state index < -0.39 is 22.2 Å². The van der Waals surface area contributed by atoms with E-state index in [1.807, 2.05) is 30.0 Å². The van der Waals surface area contributed by atoms with Gasteiger partial charge in [-0.1, -0.05) is 6.07 Å². The first-order chi connectivity index (χ1) is 14.3. The molecule has 0 spiro atoms. The van der Waals surface area contributed by atoms with E-state index in [9.17, 15) is 13.5 Å². The number of sulfonamides is 1. The van der Waals surface area contributed by atoms with Crippen molar-refractivity contribution < 1.29 is 27.7 Å². The maximum absolute atomic E-state index is 11.5. The van der Waals surface area contributed by atoms with Crippen molar-refractivity contribution in [3.8, 4) is 11.5 Å². The lowest BCUT2D eigenvalue weighted by Gasteiger charge is -2.26. The first-order valence-corrected chi connectivity index (χ1v) is 12.3. The van der Waals surface area contributed by atoms with Gasteiger partial charge in [-0.25, -0.2) is 13.1 Å². The molecule has 0 aliphatic carbocycles. The summed E-state index contributed by atoms with van der Waals surface area (Å²) in [7, 11) is -3.36. The molecule has 10 heteroatoms. The lowest BCUT2D eigenvalue weighted by molar-refractivity contribution is 0.0321. The number of morpholine rings is 1. The Morgan fingerprint density at radius 3 is 2.63 bits per heavy atom. The van der Waals surface area contributed by atoms with Crippen LogP contribution in [0.3, 0.4) is 0 Å². The van der Waals surface area contributed by atoms with Crippen molar-refractivity contribution in [2.24, 2.45) is 0 Å². The second-order valence-electron chi connectivity index (χ2n) is 7.77. The minimum Gasteiger partial charge on any atom is -0.490 e. The standard InChI is InChI=1S/C20H33N3O6S/c1-3-28-20-12-16(13-23-14-17(18(24)15-23)21-30(2,25)26)4-5-19(20)29-11-8-22-6-9-27-10-7-22/h4-5,12,17-18,21,24H,3,6-11,13-15H2,1-2H3/t17-,18-/m1/s1. The lowest BCUT2D eigenvalue weighted by atomic mass is 10.2. The van der Waals surface area contributed by atoms with E-state index >= 15 is 0 Å². The summed E-state index contributed by atoms with van der Waals surface area (Å²) in [5.41, 5.74) is 1.02. The maximum Gasteiger partial charge on any atom is 0.209 e. The Hall–Kier alpha value is -1.43. The van der Waals surface area contributed by atoms with E-state index in [0.717, 1.165) is 44.7 Å². The van der Waals surface area contributed by atoms with Gasteiger partial charge in [0.1, 0.15) is 6.61 Å². The predicted octanol–water partition coefficient (Wildman–Crippen LogP) is -0.109. The van der Waals surface area contributed by atoms with Gasteiger partial charge in [-0.05, 0) is 24.6 Å². The molecule has 0 unspecified atom stereocenters. The van der Waals surface area contributed by atoms with E-state index in [2.05, 4.69) is 9.62 Å². The Balaban J connectivity index is 1.56. The van der Waals surface area contributed by atoms with Crippen LogP contribution < -0.4 is 14.2 Å². The molecule has 1 aromatic carbocycles. The molecule has 0 saturated carbocycles. The van der Waals surface area contributed by atoms with Crippen LogP contribution in [-0.4, -0.2) is 101 Å². The molecule has 0 aromatic heterocycles. The maximum atomic E-state index is 11.5. The number of nitrogens with zero attached hydrogens (tertiary/aromatic N) is 2. The highest BCUT2D eigenvalue weighted by molar-refractivity contribution is 7.88. The minimum absolute atomic E-state index is 0.412. The minimum atomic E-state index is -3.36. The van der Waals surface area contributed by atoms with Gasteiger partial charge in [0.15, 0.2) is 11.5 Å². The van der Waals surface area contributed by atoms with Crippen molar-refractivity contribution >= 4 is 10.0 Å². The number of hydrogen-bond acceptors (Lipinski definition) is 8. The smallest absolute Gasteiger partial charge is 0.209 e. The van der Waals surface area contributed by atoms with E-state index in [1.165, 1.54) is 0 Å². The van der Waals surface area contributed by atoms with Crippen molar-refractivity contribution in [2.45, 2.75) is 25.6 Å². The molecule has 2 atom stereocenters. The molecule has 0 amide bonds. The lowest BCUT2D eigenvalue weighted by Crippen LogP contribution is -2.42. The van der Waals surface area contributed by atoms with Gasteiger partial charge in [-0.3, -0.25) is 9.80 Å². The third-order valence-corrected chi connectivity index (χ3v) is 5.94. The molecule has 2 fully saturated rings. The summed E-state index contributed by atoms with van der Waals surface area (Å²) in [5.74, 6) is 1.41. The molecule has 170 valence electrons. The van der Waals surface area contributed by atoms with Crippen LogP contribution in [0.1, 0.15) is 12.5 Å². The molecule has 2 saturated heterocycles. The third-order valence-electron chi connectivity index (χ3n) is 5.21. The molecule has 3 rings (SSSR count). The zero-order chi connectivity index (χ0) is 21.6. The van der Waals surface area contributed by atoms with Crippen LogP contribution in [-0.2, 0) is 21.3 Å². The third kappa shape index (κ3) is 7.07. The van der Waals surface area contributed by atoms with Crippen molar-refractivity contribution in [1.82, 2.24) is 14.5 Å². The van der Waals surface area contributed by atoms with E-state index in [1.54, 1.807) is 0 Å². The van der Waals surface area contributed by atoms with Crippen LogP contribution in [0.2, 0.25) is 0 Å². The van der Waals surface area contributed by atoms with Gasteiger partial charge in [0.25, 0.3) is 0 Å². The highest BCUT2D eigenvalue weighted by Gasteiger charge is 2.33. The van der Waals surface area contributed by atoms with Gasteiger partial charge >= 0.3 is 0 Å². The molecular weight excluding hydrogens is 410 g/mol. The predicted molar refractivity (Wildman–Crippen MR) is 113 cm³/mol. The van der Waals surface area contributed by atoms with Crippen LogP contribution in [0.5, 0.6) is 11.5 Å². The number of β-amino-alcohol motifs (C(OH)–C–C–N with tert-alkyl or cyclic N) is 1. The van der Waals surface area contributed by atoms with Crippen LogP contribution in [0, 0.1) is 0 Å². The average molecular weight is 444 g/mol. The van der Waals surface area contributed by atoms with Gasteiger partial charge in [-0.2, -0.15) is 0 Å². The van der Waals surface area contributed by atoms with E-state index in [0.29, 0.717) is 44.3 Å². The van der Waals surface area contributed by atoms with Gasteiger partial charge < -0.3 is 19.3 Å². The van der Waals surface area contributed by atoms with Crippen LogP contribution in [0.25, 0.3) is 0 Å². The number of aliphatic hydroxyl groups excluding tert-OH is 1. The second kappa shape index (κ2) is 10.7. The largest absolute Gasteiger partial charge is 0.490 e. The Labute approximate surface area is 178 Å². The summed E-state index contributed by atoms with van der Waals surface area (Å²) in [6, 6.07) is 5.36. The Kier molecular flexibility index (Phi) is 8.32. The quantitative estimate of drug-likeness (QED) is 0.517. The summed E-state index contributed by atoms with van der Waals surface area (Å²) < 4.78 is 42.5. The summed E-state index contributed by atoms with van der Waals surface area (Å²) in [6.45, 7) is 8.74. The number of ether oxygens (including phenoxy) is 3. The molecule has 2 aliphatic rings. The van der Waals surface area contributed by atoms with Crippen molar-refractivity contribution in [1.29, 1.82) is 0 Å². The summed E-state index contributed by atoms with van der Waals surface area (Å²) in [4.78, 5) is 4.34. The highest BCUT2D eigenvalue weighted by atomic mass is 32.2. The molecule has 2 aliphatic heterocycles. The number of rotatable bonds is 10. The number of nitrogens with one attached hydrogen (secondary N) is 1. The van der Waals surface area contributed by atoms with Gasteiger partial charge in [-0.15, -0.1) is 0 Å². The van der Waals surface area contributed by atoms with Crippen LogP contribution >= 0.6 is 0 Å². The fraction of sp³-hybridized carbons (Fsp3) is 0.700.